The van der Waals surface area contributed by atoms with Crippen LogP contribution in [-0.4, -0.2) is 37.1 Å². The van der Waals surface area contributed by atoms with Crippen LogP contribution >= 0.6 is 0 Å². The standard InChI is InChI=1S/C26H34N2/c1-2-6-21(7-3-1)18-26-24-13-12-23(25(24)19-27-26)22-10-8-20(9-11-22)14-17-28-15-4-5-16-28/h1-3,6-11,23-27H,4-5,12-19H2. The molecular weight excluding hydrogens is 340 g/mol. The third kappa shape index (κ3) is 3.90. The van der Waals surface area contributed by atoms with E-state index in [4.69, 9.17) is 0 Å². The van der Waals surface area contributed by atoms with Gasteiger partial charge in [-0.25, -0.2) is 0 Å². The Morgan fingerprint density at radius 3 is 2.39 bits per heavy atom. The van der Waals surface area contributed by atoms with Gasteiger partial charge in [-0.2, -0.15) is 0 Å². The van der Waals surface area contributed by atoms with Gasteiger partial charge in [0.05, 0.1) is 0 Å². The molecule has 2 nitrogen and oxygen atoms in total. The van der Waals surface area contributed by atoms with E-state index >= 15 is 0 Å². The molecule has 0 bridgehead atoms. The molecule has 2 aromatic rings. The zero-order valence-corrected chi connectivity index (χ0v) is 17.0. The summed E-state index contributed by atoms with van der Waals surface area (Å²) in [6.45, 7) is 5.04. The van der Waals surface area contributed by atoms with Gasteiger partial charge in [0.2, 0.25) is 0 Å². The molecule has 1 aliphatic carbocycles. The van der Waals surface area contributed by atoms with E-state index < -0.39 is 0 Å². The summed E-state index contributed by atoms with van der Waals surface area (Å²) in [6.07, 6.45) is 7.93. The Labute approximate surface area is 170 Å². The summed E-state index contributed by atoms with van der Waals surface area (Å²) < 4.78 is 0. The Hall–Kier alpha value is -1.64. The van der Waals surface area contributed by atoms with Crippen LogP contribution in [0, 0.1) is 11.8 Å². The molecule has 0 radical (unpaired) electrons. The molecule has 2 aromatic carbocycles. The second-order valence-electron chi connectivity index (χ2n) is 9.26. The van der Waals surface area contributed by atoms with Crippen molar-refractivity contribution < 1.29 is 0 Å². The van der Waals surface area contributed by atoms with Crippen molar-refractivity contribution in [3.63, 3.8) is 0 Å². The number of nitrogens with one attached hydrogen (secondary N) is 1. The second kappa shape index (κ2) is 8.39. The van der Waals surface area contributed by atoms with Crippen LogP contribution in [0.2, 0.25) is 0 Å². The smallest absolute Gasteiger partial charge is 0.0139 e. The minimum atomic E-state index is 0.664. The molecule has 0 amide bonds. The van der Waals surface area contributed by atoms with Crippen molar-refractivity contribution in [2.45, 2.75) is 50.5 Å². The average Bonchev–Trinajstić information content (AvgIpc) is 3.47. The van der Waals surface area contributed by atoms with Gasteiger partial charge in [0, 0.05) is 12.6 Å². The zero-order chi connectivity index (χ0) is 18.8. The molecule has 148 valence electrons. The molecule has 2 heterocycles. The summed E-state index contributed by atoms with van der Waals surface area (Å²) in [4.78, 5) is 2.62. The predicted molar refractivity (Wildman–Crippen MR) is 117 cm³/mol. The Morgan fingerprint density at radius 2 is 1.61 bits per heavy atom. The first kappa shape index (κ1) is 18.4. The first-order valence-corrected chi connectivity index (χ1v) is 11.5. The van der Waals surface area contributed by atoms with E-state index in [1.54, 1.807) is 5.56 Å². The van der Waals surface area contributed by atoms with Gasteiger partial charge in [-0.3, -0.25) is 0 Å². The molecular formula is C26H34N2. The lowest BCUT2D eigenvalue weighted by atomic mass is 9.83. The molecule has 1 N–H and O–H groups in total. The zero-order valence-electron chi connectivity index (χ0n) is 17.0. The quantitative estimate of drug-likeness (QED) is 0.792. The maximum Gasteiger partial charge on any atom is 0.0139 e. The lowest BCUT2D eigenvalue weighted by Gasteiger charge is -2.20. The van der Waals surface area contributed by atoms with Crippen molar-refractivity contribution in [2.24, 2.45) is 11.8 Å². The van der Waals surface area contributed by atoms with Crippen LogP contribution in [0.4, 0.5) is 0 Å². The summed E-state index contributed by atoms with van der Waals surface area (Å²) in [7, 11) is 0. The molecule has 1 saturated carbocycles. The molecule has 2 aliphatic heterocycles. The fourth-order valence-electron chi connectivity index (χ4n) is 6.06. The van der Waals surface area contributed by atoms with Crippen molar-refractivity contribution in [2.75, 3.05) is 26.2 Å². The van der Waals surface area contributed by atoms with Crippen molar-refractivity contribution >= 4 is 0 Å². The lowest BCUT2D eigenvalue weighted by Crippen LogP contribution is -2.29. The third-order valence-corrected chi connectivity index (χ3v) is 7.63. The largest absolute Gasteiger partial charge is 0.313 e. The van der Waals surface area contributed by atoms with Gasteiger partial charge in [0.15, 0.2) is 0 Å². The summed E-state index contributed by atoms with van der Waals surface area (Å²) in [5.41, 5.74) is 4.57. The number of fused-ring (bicyclic) bond motifs is 1. The van der Waals surface area contributed by atoms with Crippen LogP contribution in [0.3, 0.4) is 0 Å². The van der Waals surface area contributed by atoms with Crippen LogP contribution < -0.4 is 5.32 Å². The Kier molecular flexibility index (Phi) is 5.51. The number of benzene rings is 2. The van der Waals surface area contributed by atoms with E-state index in [0.717, 1.165) is 17.8 Å². The van der Waals surface area contributed by atoms with Gasteiger partial charge < -0.3 is 10.2 Å². The van der Waals surface area contributed by atoms with Gasteiger partial charge in [0.25, 0.3) is 0 Å². The fraction of sp³-hybridized carbons (Fsp3) is 0.538. The maximum atomic E-state index is 3.86. The minimum Gasteiger partial charge on any atom is -0.313 e. The molecule has 0 aromatic heterocycles. The van der Waals surface area contributed by atoms with Crippen LogP contribution in [-0.2, 0) is 12.8 Å². The van der Waals surface area contributed by atoms with Crippen molar-refractivity contribution in [3.8, 4) is 0 Å². The van der Waals surface area contributed by atoms with Crippen LogP contribution in [0.15, 0.2) is 54.6 Å². The predicted octanol–water partition coefficient (Wildman–Crippen LogP) is 4.65. The van der Waals surface area contributed by atoms with E-state index in [9.17, 15) is 0 Å². The number of hydrogen-bond acceptors (Lipinski definition) is 2. The highest BCUT2D eigenvalue weighted by Crippen LogP contribution is 2.48. The number of likely N-dealkylation sites (tertiary alicyclic amines) is 1. The molecule has 3 fully saturated rings. The molecule has 4 atom stereocenters. The molecule has 2 saturated heterocycles. The Bertz CT molecular complexity index is 748. The highest BCUT2D eigenvalue weighted by molar-refractivity contribution is 5.28. The van der Waals surface area contributed by atoms with Gasteiger partial charge in [-0.05, 0) is 92.6 Å². The van der Waals surface area contributed by atoms with Crippen molar-refractivity contribution in [1.29, 1.82) is 0 Å². The first-order chi connectivity index (χ1) is 13.9. The van der Waals surface area contributed by atoms with E-state index in [1.807, 2.05) is 0 Å². The summed E-state index contributed by atoms with van der Waals surface area (Å²) in [5.74, 6) is 2.43. The fourth-order valence-corrected chi connectivity index (χ4v) is 6.06. The second-order valence-corrected chi connectivity index (χ2v) is 9.26. The Morgan fingerprint density at radius 1 is 0.821 bits per heavy atom. The number of nitrogens with zero attached hydrogens (tertiary/aromatic N) is 1. The summed E-state index contributed by atoms with van der Waals surface area (Å²) in [6, 6.07) is 21.4. The van der Waals surface area contributed by atoms with Crippen LogP contribution in [0.1, 0.15) is 48.3 Å². The SMILES string of the molecule is c1ccc(CC2NCC3C(c4ccc(CCN5CCCC5)cc4)CCC23)cc1. The average molecular weight is 375 g/mol. The lowest BCUT2D eigenvalue weighted by molar-refractivity contribution is 0.343. The van der Waals surface area contributed by atoms with E-state index in [2.05, 4.69) is 64.8 Å². The van der Waals surface area contributed by atoms with Gasteiger partial charge in [-0.15, -0.1) is 0 Å². The topological polar surface area (TPSA) is 15.3 Å². The molecule has 0 spiro atoms. The highest BCUT2D eigenvalue weighted by Gasteiger charge is 2.44. The molecule has 2 heteroatoms. The van der Waals surface area contributed by atoms with E-state index in [0.29, 0.717) is 6.04 Å². The molecule has 4 unspecified atom stereocenters. The van der Waals surface area contributed by atoms with Crippen LogP contribution in [0.5, 0.6) is 0 Å². The molecule has 28 heavy (non-hydrogen) atoms. The number of rotatable bonds is 6. The van der Waals surface area contributed by atoms with E-state index in [-0.39, 0.29) is 0 Å². The van der Waals surface area contributed by atoms with Gasteiger partial charge >= 0.3 is 0 Å². The van der Waals surface area contributed by atoms with Crippen molar-refractivity contribution in [1.82, 2.24) is 10.2 Å². The van der Waals surface area contributed by atoms with Crippen molar-refractivity contribution in [3.05, 3.63) is 71.3 Å². The third-order valence-electron chi connectivity index (χ3n) is 7.63. The molecule has 5 rings (SSSR count). The van der Waals surface area contributed by atoms with Gasteiger partial charge in [-0.1, -0.05) is 54.6 Å². The Balaban J connectivity index is 1.19. The normalized spacial score (nSPS) is 30.0. The monoisotopic (exact) mass is 374 g/mol. The summed E-state index contributed by atoms with van der Waals surface area (Å²) in [5, 5.41) is 3.86. The first-order valence-electron chi connectivity index (χ1n) is 11.5. The summed E-state index contributed by atoms with van der Waals surface area (Å²) >= 11 is 0. The van der Waals surface area contributed by atoms with E-state index in [1.165, 1.54) is 75.8 Å². The number of hydrogen-bond donors (Lipinski definition) is 1. The molecule has 3 aliphatic rings. The maximum absolute atomic E-state index is 3.86. The van der Waals surface area contributed by atoms with Gasteiger partial charge in [0.1, 0.15) is 0 Å². The highest BCUT2D eigenvalue weighted by atomic mass is 15.1. The minimum absolute atomic E-state index is 0.664. The van der Waals surface area contributed by atoms with Crippen LogP contribution in [0.25, 0.3) is 0 Å².